The van der Waals surface area contributed by atoms with Crippen molar-refractivity contribution in [2.75, 3.05) is 20.6 Å². The zero-order valence-electron chi connectivity index (χ0n) is 28.4. The summed E-state index contributed by atoms with van der Waals surface area (Å²) in [5, 5.41) is 0. The summed E-state index contributed by atoms with van der Waals surface area (Å²) in [4.78, 5) is 15.0. The summed E-state index contributed by atoms with van der Waals surface area (Å²) in [6.45, 7) is 7.72. The summed E-state index contributed by atoms with van der Waals surface area (Å²) >= 11 is 0. The largest absolute Gasteiger partial charge is 0.462 e. The molecule has 41 heavy (non-hydrogen) atoms. The zero-order valence-corrected chi connectivity index (χ0v) is 28.4. The van der Waals surface area contributed by atoms with E-state index in [2.05, 4.69) is 76.2 Å². The Hall–Kier alpha value is -1.35. The van der Waals surface area contributed by atoms with Crippen molar-refractivity contribution in [2.24, 2.45) is 5.92 Å². The fourth-order valence-corrected chi connectivity index (χ4v) is 5.35. The first-order chi connectivity index (χ1) is 20.0. The lowest BCUT2D eigenvalue weighted by atomic mass is 9.87. The zero-order chi connectivity index (χ0) is 30.2. The molecule has 0 aliphatic heterocycles. The SMILES string of the molecule is CCCCC/C=C\CCCC(CCC/C=C\CCCCC)C(CCC/C=C\CCCCC)OC(=O)CCCN(C)C. The molecular formula is C38H71NO2. The number of esters is 1. The predicted octanol–water partition coefficient (Wildman–Crippen LogP) is 11.8. The molecule has 0 aromatic rings. The molecule has 0 N–H and O–H groups in total. The summed E-state index contributed by atoms with van der Waals surface area (Å²) in [5.41, 5.74) is 0. The topological polar surface area (TPSA) is 29.5 Å². The minimum atomic E-state index is 0.00333. The summed E-state index contributed by atoms with van der Waals surface area (Å²) in [6, 6.07) is 0. The van der Waals surface area contributed by atoms with Gasteiger partial charge in [0, 0.05) is 6.42 Å². The minimum Gasteiger partial charge on any atom is -0.462 e. The van der Waals surface area contributed by atoms with E-state index in [1.807, 2.05) is 0 Å². The number of carbonyl (C=O) groups is 1. The van der Waals surface area contributed by atoms with Crippen LogP contribution in [0, 0.1) is 5.92 Å². The standard InChI is InChI=1S/C38H71NO2/c1-6-9-12-15-18-21-24-27-31-36(32-28-25-22-19-16-13-10-7-2)37(41-38(40)34-30-35-39(4)5)33-29-26-23-20-17-14-11-8-3/h18-23,36-37H,6-17,24-35H2,1-5H3/b21-18-,22-19-,23-20-. The monoisotopic (exact) mass is 574 g/mol. The van der Waals surface area contributed by atoms with Gasteiger partial charge in [-0.25, -0.2) is 0 Å². The van der Waals surface area contributed by atoms with Gasteiger partial charge in [-0.15, -0.1) is 0 Å². The number of ether oxygens (including phenoxy) is 1. The molecular weight excluding hydrogens is 502 g/mol. The van der Waals surface area contributed by atoms with E-state index < -0.39 is 0 Å². The number of hydrogen-bond acceptors (Lipinski definition) is 3. The van der Waals surface area contributed by atoms with E-state index in [1.165, 1.54) is 89.9 Å². The van der Waals surface area contributed by atoms with E-state index in [0.717, 1.165) is 57.9 Å². The normalized spacial score (nSPS) is 13.0. The van der Waals surface area contributed by atoms with Crippen molar-refractivity contribution < 1.29 is 9.53 Å². The van der Waals surface area contributed by atoms with Crippen molar-refractivity contribution in [3.8, 4) is 0 Å². The van der Waals surface area contributed by atoms with Gasteiger partial charge in [0.05, 0.1) is 0 Å². The van der Waals surface area contributed by atoms with E-state index in [0.29, 0.717) is 12.3 Å². The Kier molecular flexibility index (Phi) is 30.5. The van der Waals surface area contributed by atoms with Gasteiger partial charge in [-0.2, -0.15) is 0 Å². The van der Waals surface area contributed by atoms with Crippen LogP contribution >= 0.6 is 0 Å². The van der Waals surface area contributed by atoms with Crippen molar-refractivity contribution in [3.05, 3.63) is 36.5 Å². The van der Waals surface area contributed by atoms with Crippen LogP contribution in [0.4, 0.5) is 0 Å². The number of allylic oxidation sites excluding steroid dienone is 6. The lowest BCUT2D eigenvalue weighted by Crippen LogP contribution is -2.28. The molecule has 0 saturated carbocycles. The second-order valence-electron chi connectivity index (χ2n) is 12.4. The Morgan fingerprint density at radius 2 is 0.951 bits per heavy atom. The van der Waals surface area contributed by atoms with E-state index in [-0.39, 0.29) is 12.1 Å². The number of unbranched alkanes of at least 4 members (excludes halogenated alkanes) is 12. The molecule has 0 aromatic heterocycles. The predicted molar refractivity (Wildman–Crippen MR) is 183 cm³/mol. The third-order valence-corrected chi connectivity index (χ3v) is 7.97. The van der Waals surface area contributed by atoms with E-state index in [9.17, 15) is 4.79 Å². The highest BCUT2D eigenvalue weighted by Gasteiger charge is 2.24. The van der Waals surface area contributed by atoms with Gasteiger partial charge < -0.3 is 9.64 Å². The van der Waals surface area contributed by atoms with Crippen LogP contribution in [0.15, 0.2) is 36.5 Å². The first kappa shape index (κ1) is 39.6. The number of nitrogens with zero attached hydrogens (tertiary/aromatic N) is 1. The molecule has 0 heterocycles. The van der Waals surface area contributed by atoms with E-state index in [1.54, 1.807) is 0 Å². The molecule has 0 aliphatic rings. The van der Waals surface area contributed by atoms with Crippen LogP contribution in [0.1, 0.15) is 168 Å². The van der Waals surface area contributed by atoms with Crippen LogP contribution < -0.4 is 0 Å². The fraction of sp³-hybridized carbons (Fsp3) is 0.816. The van der Waals surface area contributed by atoms with Crippen molar-refractivity contribution >= 4 is 5.97 Å². The molecule has 0 rings (SSSR count). The maximum atomic E-state index is 12.9. The molecule has 1 atom stereocenters. The summed E-state index contributed by atoms with van der Waals surface area (Å²) < 4.78 is 6.28. The van der Waals surface area contributed by atoms with Crippen molar-refractivity contribution in [3.63, 3.8) is 0 Å². The molecule has 0 amide bonds. The van der Waals surface area contributed by atoms with E-state index in [4.69, 9.17) is 4.74 Å². The lowest BCUT2D eigenvalue weighted by molar-refractivity contribution is -0.153. The molecule has 0 aromatic carbocycles. The van der Waals surface area contributed by atoms with Crippen molar-refractivity contribution in [1.29, 1.82) is 0 Å². The summed E-state index contributed by atoms with van der Waals surface area (Å²) in [7, 11) is 4.13. The number of hydrogen-bond donors (Lipinski definition) is 0. The second kappa shape index (κ2) is 31.6. The number of carbonyl (C=O) groups excluding carboxylic acids is 1. The average Bonchev–Trinajstić information content (AvgIpc) is 2.95. The van der Waals surface area contributed by atoms with Gasteiger partial charge >= 0.3 is 5.97 Å². The van der Waals surface area contributed by atoms with Crippen molar-refractivity contribution in [1.82, 2.24) is 4.90 Å². The smallest absolute Gasteiger partial charge is 0.306 e. The minimum absolute atomic E-state index is 0.00333. The summed E-state index contributed by atoms with van der Waals surface area (Å²) in [6.07, 6.45) is 41.2. The Morgan fingerprint density at radius 1 is 0.561 bits per heavy atom. The highest BCUT2D eigenvalue weighted by atomic mass is 16.5. The highest BCUT2D eigenvalue weighted by Crippen LogP contribution is 2.27. The van der Waals surface area contributed by atoms with Gasteiger partial charge in [0.1, 0.15) is 6.10 Å². The Labute approximate surface area is 257 Å². The quantitative estimate of drug-likeness (QED) is 0.0486. The second-order valence-corrected chi connectivity index (χ2v) is 12.4. The Morgan fingerprint density at radius 3 is 1.34 bits per heavy atom. The molecule has 0 bridgehead atoms. The molecule has 0 fully saturated rings. The van der Waals surface area contributed by atoms with Crippen LogP contribution in [0.5, 0.6) is 0 Å². The van der Waals surface area contributed by atoms with Gasteiger partial charge in [-0.3, -0.25) is 4.79 Å². The van der Waals surface area contributed by atoms with Crippen molar-refractivity contribution in [2.45, 2.75) is 175 Å². The maximum Gasteiger partial charge on any atom is 0.306 e. The molecule has 0 saturated heterocycles. The van der Waals surface area contributed by atoms with Crippen LogP contribution in [-0.2, 0) is 9.53 Å². The third kappa shape index (κ3) is 28.5. The third-order valence-electron chi connectivity index (χ3n) is 7.97. The van der Waals surface area contributed by atoms with Gasteiger partial charge in [-0.1, -0.05) is 95.8 Å². The maximum absolute atomic E-state index is 12.9. The summed E-state index contributed by atoms with van der Waals surface area (Å²) in [5.74, 6) is 0.465. The van der Waals surface area contributed by atoms with Crippen LogP contribution in [0.2, 0.25) is 0 Å². The first-order valence-corrected chi connectivity index (χ1v) is 17.8. The molecule has 0 aliphatic carbocycles. The molecule has 240 valence electrons. The molecule has 3 nitrogen and oxygen atoms in total. The molecule has 0 spiro atoms. The van der Waals surface area contributed by atoms with Crippen LogP contribution in [-0.4, -0.2) is 37.6 Å². The average molecular weight is 574 g/mol. The van der Waals surface area contributed by atoms with Crippen LogP contribution in [0.25, 0.3) is 0 Å². The van der Waals surface area contributed by atoms with Gasteiger partial charge in [0.15, 0.2) is 0 Å². The number of rotatable bonds is 30. The van der Waals surface area contributed by atoms with Gasteiger partial charge in [-0.05, 0) is 129 Å². The van der Waals surface area contributed by atoms with Gasteiger partial charge in [0.25, 0.3) is 0 Å². The Balaban J connectivity index is 5.11. The Bertz CT molecular complexity index is 610. The fourth-order valence-electron chi connectivity index (χ4n) is 5.35. The molecule has 1 unspecified atom stereocenters. The van der Waals surface area contributed by atoms with Gasteiger partial charge in [0.2, 0.25) is 0 Å². The first-order valence-electron chi connectivity index (χ1n) is 17.8. The van der Waals surface area contributed by atoms with Crippen LogP contribution in [0.3, 0.4) is 0 Å². The van der Waals surface area contributed by atoms with E-state index >= 15 is 0 Å². The lowest BCUT2D eigenvalue weighted by Gasteiger charge is -2.27. The highest BCUT2D eigenvalue weighted by molar-refractivity contribution is 5.69. The molecule has 0 radical (unpaired) electrons. The molecule has 3 heteroatoms.